The highest BCUT2D eigenvalue weighted by molar-refractivity contribution is 7.17. The van der Waals surface area contributed by atoms with Gasteiger partial charge in [-0.1, -0.05) is 30.3 Å². The molecule has 0 amide bonds. The van der Waals surface area contributed by atoms with Crippen molar-refractivity contribution in [2.75, 3.05) is 0 Å². The number of halogens is 3. The summed E-state index contributed by atoms with van der Waals surface area (Å²) in [6.45, 7) is 0. The molecule has 21 heavy (non-hydrogen) atoms. The first-order valence-corrected chi connectivity index (χ1v) is 7.23. The predicted molar refractivity (Wildman–Crippen MR) is 79.3 cm³/mol. The van der Waals surface area contributed by atoms with Gasteiger partial charge < -0.3 is 5.73 Å². The Bertz CT molecular complexity index is 759. The summed E-state index contributed by atoms with van der Waals surface area (Å²) in [4.78, 5) is 0. The minimum Gasteiger partial charge on any atom is -0.320 e. The third kappa shape index (κ3) is 2.66. The van der Waals surface area contributed by atoms with E-state index in [0.29, 0.717) is 5.56 Å². The molecular formula is C16H12F3NS. The molecule has 2 N–H and O–H groups in total. The van der Waals surface area contributed by atoms with Crippen molar-refractivity contribution in [3.8, 4) is 0 Å². The lowest BCUT2D eigenvalue weighted by Gasteiger charge is -2.13. The maximum Gasteiger partial charge on any atom is 0.416 e. The third-order valence-electron chi connectivity index (χ3n) is 3.44. The summed E-state index contributed by atoms with van der Waals surface area (Å²) >= 11 is 1.58. The van der Waals surface area contributed by atoms with Crippen molar-refractivity contribution in [3.05, 3.63) is 70.6 Å². The topological polar surface area (TPSA) is 26.0 Å². The Morgan fingerprint density at radius 1 is 0.952 bits per heavy atom. The lowest BCUT2D eigenvalue weighted by atomic mass is 9.98. The summed E-state index contributed by atoms with van der Waals surface area (Å²) in [6.07, 6.45) is -4.32. The molecule has 0 fully saturated rings. The van der Waals surface area contributed by atoms with Crippen molar-refractivity contribution in [3.63, 3.8) is 0 Å². The van der Waals surface area contributed by atoms with E-state index in [2.05, 4.69) is 0 Å². The molecule has 1 nitrogen and oxygen atoms in total. The van der Waals surface area contributed by atoms with E-state index < -0.39 is 17.8 Å². The largest absolute Gasteiger partial charge is 0.416 e. The molecular weight excluding hydrogens is 295 g/mol. The van der Waals surface area contributed by atoms with Crippen LogP contribution in [0.3, 0.4) is 0 Å². The number of hydrogen-bond acceptors (Lipinski definition) is 2. The molecule has 3 aromatic rings. The molecule has 1 heterocycles. The van der Waals surface area contributed by atoms with Gasteiger partial charge in [-0.2, -0.15) is 13.2 Å². The second kappa shape index (κ2) is 5.16. The monoisotopic (exact) mass is 307 g/mol. The van der Waals surface area contributed by atoms with Gasteiger partial charge in [0.2, 0.25) is 0 Å². The number of hydrogen-bond donors (Lipinski definition) is 1. The zero-order chi connectivity index (χ0) is 15.0. The van der Waals surface area contributed by atoms with Crippen LogP contribution in [0.25, 0.3) is 10.1 Å². The fourth-order valence-electron chi connectivity index (χ4n) is 2.30. The predicted octanol–water partition coefficient (Wildman–Crippen LogP) is 4.97. The highest BCUT2D eigenvalue weighted by Gasteiger charge is 2.30. The summed E-state index contributed by atoms with van der Waals surface area (Å²) < 4.78 is 38.8. The molecule has 0 bridgehead atoms. The molecule has 5 heteroatoms. The van der Waals surface area contributed by atoms with Crippen LogP contribution >= 0.6 is 11.3 Å². The van der Waals surface area contributed by atoms with Crippen molar-refractivity contribution < 1.29 is 13.2 Å². The van der Waals surface area contributed by atoms with Crippen LogP contribution < -0.4 is 5.73 Å². The summed E-state index contributed by atoms with van der Waals surface area (Å²) in [7, 11) is 0. The number of alkyl halides is 3. The molecule has 0 radical (unpaired) electrons. The minimum atomic E-state index is -4.32. The lowest BCUT2D eigenvalue weighted by Crippen LogP contribution is -2.12. The van der Waals surface area contributed by atoms with Crippen LogP contribution in [0, 0.1) is 0 Å². The van der Waals surface area contributed by atoms with Crippen molar-refractivity contribution in [2.24, 2.45) is 5.73 Å². The first-order chi connectivity index (χ1) is 9.97. The average molecular weight is 307 g/mol. The van der Waals surface area contributed by atoms with Crippen molar-refractivity contribution in [1.82, 2.24) is 0 Å². The van der Waals surface area contributed by atoms with Crippen LogP contribution in [-0.4, -0.2) is 0 Å². The van der Waals surface area contributed by atoms with E-state index in [1.54, 1.807) is 11.3 Å². The quantitative estimate of drug-likeness (QED) is 0.711. The molecule has 1 aromatic heterocycles. The Hall–Kier alpha value is -1.85. The van der Waals surface area contributed by atoms with Gasteiger partial charge in [0.05, 0.1) is 11.6 Å². The number of fused-ring (bicyclic) bond motifs is 1. The standard InChI is InChI=1S/C16H12F3NS/c17-16(18,19)11-7-5-10(6-8-11)15(20)13-9-21-14-4-2-1-3-12(13)14/h1-9,15H,20H2. The number of benzene rings is 2. The zero-order valence-electron chi connectivity index (χ0n) is 10.9. The van der Waals surface area contributed by atoms with Gasteiger partial charge in [0.1, 0.15) is 0 Å². The molecule has 0 aliphatic carbocycles. The van der Waals surface area contributed by atoms with Gasteiger partial charge in [0.25, 0.3) is 0 Å². The van der Waals surface area contributed by atoms with E-state index >= 15 is 0 Å². The van der Waals surface area contributed by atoms with Gasteiger partial charge in [-0.3, -0.25) is 0 Å². The van der Waals surface area contributed by atoms with Crippen molar-refractivity contribution in [2.45, 2.75) is 12.2 Å². The summed E-state index contributed by atoms with van der Waals surface area (Å²) in [6, 6.07) is 12.5. The third-order valence-corrected chi connectivity index (χ3v) is 4.42. The molecule has 2 aromatic carbocycles. The van der Waals surface area contributed by atoms with E-state index in [1.165, 1.54) is 12.1 Å². The molecule has 1 unspecified atom stereocenters. The van der Waals surface area contributed by atoms with Crippen LogP contribution in [0.4, 0.5) is 13.2 Å². The Kier molecular flexibility index (Phi) is 3.47. The van der Waals surface area contributed by atoms with Gasteiger partial charge in [0, 0.05) is 4.70 Å². The normalized spacial score (nSPS) is 13.5. The molecule has 1 atom stereocenters. The first kappa shape index (κ1) is 14.1. The fraction of sp³-hybridized carbons (Fsp3) is 0.125. The smallest absolute Gasteiger partial charge is 0.320 e. The Morgan fingerprint density at radius 3 is 2.29 bits per heavy atom. The molecule has 108 valence electrons. The zero-order valence-corrected chi connectivity index (χ0v) is 11.7. The summed E-state index contributed by atoms with van der Waals surface area (Å²) in [5.74, 6) is 0. The van der Waals surface area contributed by atoms with E-state index in [1.807, 2.05) is 29.6 Å². The van der Waals surface area contributed by atoms with Gasteiger partial charge in [0.15, 0.2) is 0 Å². The number of nitrogens with two attached hydrogens (primary N) is 1. The van der Waals surface area contributed by atoms with Crippen LogP contribution in [0.5, 0.6) is 0 Å². The van der Waals surface area contributed by atoms with Crippen LogP contribution in [0.15, 0.2) is 53.9 Å². The van der Waals surface area contributed by atoms with E-state index in [4.69, 9.17) is 5.73 Å². The van der Waals surface area contributed by atoms with E-state index in [-0.39, 0.29) is 0 Å². The lowest BCUT2D eigenvalue weighted by molar-refractivity contribution is -0.137. The second-order valence-corrected chi connectivity index (χ2v) is 5.70. The highest BCUT2D eigenvalue weighted by Crippen LogP contribution is 2.34. The molecule has 0 spiro atoms. The SMILES string of the molecule is NC(c1ccc(C(F)(F)F)cc1)c1csc2ccccc12. The molecule has 0 saturated heterocycles. The van der Waals surface area contributed by atoms with Gasteiger partial charge in [-0.05, 0) is 40.1 Å². The van der Waals surface area contributed by atoms with Gasteiger partial charge in [-0.25, -0.2) is 0 Å². The molecule has 0 aliphatic heterocycles. The Morgan fingerprint density at radius 2 is 1.62 bits per heavy atom. The van der Waals surface area contributed by atoms with E-state index in [0.717, 1.165) is 27.8 Å². The maximum atomic E-state index is 12.6. The Balaban J connectivity index is 1.97. The highest BCUT2D eigenvalue weighted by atomic mass is 32.1. The second-order valence-electron chi connectivity index (χ2n) is 4.78. The number of thiophene rings is 1. The van der Waals surface area contributed by atoms with Crippen LogP contribution in [0.2, 0.25) is 0 Å². The van der Waals surface area contributed by atoms with Gasteiger partial charge in [-0.15, -0.1) is 11.3 Å². The fourth-order valence-corrected chi connectivity index (χ4v) is 3.30. The first-order valence-electron chi connectivity index (χ1n) is 6.35. The van der Waals surface area contributed by atoms with Crippen molar-refractivity contribution in [1.29, 1.82) is 0 Å². The minimum absolute atomic E-state index is 0.427. The van der Waals surface area contributed by atoms with Crippen LogP contribution in [-0.2, 0) is 6.18 Å². The van der Waals surface area contributed by atoms with Crippen molar-refractivity contribution >= 4 is 21.4 Å². The summed E-state index contributed by atoms with van der Waals surface area (Å²) in [5, 5.41) is 3.02. The molecule has 0 saturated carbocycles. The average Bonchev–Trinajstić information content (AvgIpc) is 2.90. The van der Waals surface area contributed by atoms with Crippen LogP contribution in [0.1, 0.15) is 22.7 Å². The molecule has 0 aliphatic rings. The maximum absolute atomic E-state index is 12.6. The van der Waals surface area contributed by atoms with E-state index in [9.17, 15) is 13.2 Å². The number of rotatable bonds is 2. The summed E-state index contributed by atoms with van der Waals surface area (Å²) in [5.41, 5.74) is 7.17. The Labute approximate surface area is 123 Å². The van der Waals surface area contributed by atoms with Gasteiger partial charge >= 0.3 is 6.18 Å². The molecule has 3 rings (SSSR count).